The van der Waals surface area contributed by atoms with Crippen LogP contribution in [0, 0.1) is 5.41 Å². The monoisotopic (exact) mass is 347 g/mol. The van der Waals surface area contributed by atoms with E-state index in [0.717, 1.165) is 30.9 Å². The van der Waals surface area contributed by atoms with Gasteiger partial charge in [-0.25, -0.2) is 0 Å². The standard InChI is InChI=1S/C19H29N3O3/c1-5-21-10-12-22(13-11-21)18(24)19(2,3)17(23)20-14-15-8-6-7-9-16(15)25-4/h6-9H,5,10-14H2,1-4H3,(H,20,23). The molecule has 138 valence electrons. The van der Waals surface area contributed by atoms with Gasteiger partial charge in [-0.2, -0.15) is 0 Å². The third kappa shape index (κ3) is 4.51. The van der Waals surface area contributed by atoms with Crippen LogP contribution in [0.4, 0.5) is 0 Å². The highest BCUT2D eigenvalue weighted by molar-refractivity contribution is 6.04. The van der Waals surface area contributed by atoms with Gasteiger partial charge in [0.1, 0.15) is 11.2 Å². The van der Waals surface area contributed by atoms with Gasteiger partial charge in [-0.1, -0.05) is 25.1 Å². The van der Waals surface area contributed by atoms with Gasteiger partial charge in [0, 0.05) is 38.3 Å². The molecular weight excluding hydrogens is 318 g/mol. The second kappa shape index (κ2) is 8.34. The van der Waals surface area contributed by atoms with E-state index in [1.54, 1.807) is 25.9 Å². The molecule has 1 N–H and O–H groups in total. The van der Waals surface area contributed by atoms with Crippen molar-refractivity contribution in [3.63, 3.8) is 0 Å². The summed E-state index contributed by atoms with van der Waals surface area (Å²) in [7, 11) is 1.60. The molecule has 0 atom stereocenters. The van der Waals surface area contributed by atoms with Crippen LogP contribution in [0.2, 0.25) is 0 Å². The van der Waals surface area contributed by atoms with Crippen molar-refractivity contribution in [1.82, 2.24) is 15.1 Å². The summed E-state index contributed by atoms with van der Waals surface area (Å²) < 4.78 is 5.30. The number of carbonyl (C=O) groups is 2. The van der Waals surface area contributed by atoms with E-state index in [2.05, 4.69) is 17.1 Å². The van der Waals surface area contributed by atoms with Crippen molar-refractivity contribution < 1.29 is 14.3 Å². The number of para-hydroxylation sites is 1. The van der Waals surface area contributed by atoms with Crippen LogP contribution in [0.5, 0.6) is 5.75 Å². The number of benzene rings is 1. The lowest BCUT2D eigenvalue weighted by molar-refractivity contribution is -0.149. The van der Waals surface area contributed by atoms with E-state index in [0.29, 0.717) is 19.6 Å². The van der Waals surface area contributed by atoms with E-state index in [9.17, 15) is 9.59 Å². The van der Waals surface area contributed by atoms with Crippen LogP contribution in [-0.4, -0.2) is 61.4 Å². The van der Waals surface area contributed by atoms with E-state index in [1.807, 2.05) is 24.3 Å². The van der Waals surface area contributed by atoms with Gasteiger partial charge in [0.2, 0.25) is 11.8 Å². The molecule has 1 aromatic rings. The Morgan fingerprint density at radius 1 is 1.16 bits per heavy atom. The van der Waals surface area contributed by atoms with Gasteiger partial charge in [-0.15, -0.1) is 0 Å². The predicted molar refractivity (Wildman–Crippen MR) is 97.3 cm³/mol. The van der Waals surface area contributed by atoms with E-state index in [1.165, 1.54) is 0 Å². The highest BCUT2D eigenvalue weighted by Gasteiger charge is 2.39. The topological polar surface area (TPSA) is 61.9 Å². The zero-order valence-electron chi connectivity index (χ0n) is 15.7. The summed E-state index contributed by atoms with van der Waals surface area (Å²) in [4.78, 5) is 29.5. The minimum absolute atomic E-state index is 0.110. The van der Waals surface area contributed by atoms with Crippen molar-refractivity contribution in [1.29, 1.82) is 0 Å². The minimum Gasteiger partial charge on any atom is -0.496 e. The van der Waals surface area contributed by atoms with Crippen LogP contribution >= 0.6 is 0 Å². The third-order valence-electron chi connectivity index (χ3n) is 4.84. The molecule has 1 aromatic carbocycles. The molecule has 0 aliphatic carbocycles. The number of carbonyl (C=O) groups excluding carboxylic acids is 2. The highest BCUT2D eigenvalue weighted by Crippen LogP contribution is 2.22. The second-order valence-electron chi connectivity index (χ2n) is 6.85. The summed E-state index contributed by atoms with van der Waals surface area (Å²) in [5, 5.41) is 2.88. The number of piperazine rings is 1. The quantitative estimate of drug-likeness (QED) is 0.792. The summed E-state index contributed by atoms with van der Waals surface area (Å²) in [6, 6.07) is 7.53. The first-order chi connectivity index (χ1) is 11.9. The molecule has 0 spiro atoms. The van der Waals surface area contributed by atoms with E-state index < -0.39 is 5.41 Å². The maximum Gasteiger partial charge on any atom is 0.237 e. The zero-order chi connectivity index (χ0) is 18.4. The first-order valence-electron chi connectivity index (χ1n) is 8.82. The molecule has 0 bridgehead atoms. The van der Waals surface area contributed by atoms with Crippen molar-refractivity contribution in [3.8, 4) is 5.75 Å². The molecule has 1 heterocycles. The Morgan fingerprint density at radius 3 is 2.40 bits per heavy atom. The fourth-order valence-electron chi connectivity index (χ4n) is 3.01. The number of ether oxygens (including phenoxy) is 1. The molecular formula is C19H29N3O3. The summed E-state index contributed by atoms with van der Waals surface area (Å²) in [6.07, 6.45) is 0. The highest BCUT2D eigenvalue weighted by atomic mass is 16.5. The number of nitrogens with zero attached hydrogens (tertiary/aromatic N) is 2. The Hall–Kier alpha value is -2.08. The van der Waals surface area contributed by atoms with E-state index >= 15 is 0 Å². The Balaban J connectivity index is 1.96. The van der Waals surface area contributed by atoms with E-state index in [-0.39, 0.29) is 11.8 Å². The molecule has 0 aromatic heterocycles. The lowest BCUT2D eigenvalue weighted by Crippen LogP contribution is -2.55. The Labute approximate surface area is 150 Å². The number of nitrogens with one attached hydrogen (secondary N) is 1. The number of amides is 2. The van der Waals surface area contributed by atoms with Crippen molar-refractivity contribution in [3.05, 3.63) is 29.8 Å². The van der Waals surface area contributed by atoms with E-state index in [4.69, 9.17) is 4.74 Å². The molecule has 6 heteroatoms. The number of methoxy groups -OCH3 is 1. The SMILES string of the molecule is CCN1CCN(C(=O)C(C)(C)C(=O)NCc2ccccc2OC)CC1. The molecule has 0 unspecified atom stereocenters. The maximum absolute atomic E-state index is 12.8. The van der Waals surface area contributed by atoms with Gasteiger partial charge >= 0.3 is 0 Å². The van der Waals surface area contributed by atoms with Crippen LogP contribution in [0.25, 0.3) is 0 Å². The lowest BCUT2D eigenvalue weighted by atomic mass is 9.89. The van der Waals surface area contributed by atoms with Crippen LogP contribution in [-0.2, 0) is 16.1 Å². The lowest BCUT2D eigenvalue weighted by Gasteiger charge is -2.37. The smallest absolute Gasteiger partial charge is 0.237 e. The molecule has 1 fully saturated rings. The van der Waals surface area contributed by atoms with Crippen molar-refractivity contribution in [2.75, 3.05) is 39.8 Å². The Kier molecular flexibility index (Phi) is 6.42. The average Bonchev–Trinajstić information content (AvgIpc) is 2.65. The van der Waals surface area contributed by atoms with Gasteiger partial charge in [0.15, 0.2) is 0 Å². The van der Waals surface area contributed by atoms with Crippen LogP contribution < -0.4 is 10.1 Å². The number of hydrogen-bond donors (Lipinski definition) is 1. The minimum atomic E-state index is -1.09. The summed E-state index contributed by atoms with van der Waals surface area (Å²) in [5.41, 5.74) is -0.200. The first kappa shape index (κ1) is 19.2. The van der Waals surface area contributed by atoms with Crippen molar-refractivity contribution in [2.45, 2.75) is 27.3 Å². The second-order valence-corrected chi connectivity index (χ2v) is 6.85. The Morgan fingerprint density at radius 2 is 1.80 bits per heavy atom. The molecule has 1 saturated heterocycles. The predicted octanol–water partition coefficient (Wildman–Crippen LogP) is 1.50. The molecule has 6 nitrogen and oxygen atoms in total. The van der Waals surface area contributed by atoms with Gasteiger partial charge in [-0.05, 0) is 26.5 Å². The molecule has 25 heavy (non-hydrogen) atoms. The largest absolute Gasteiger partial charge is 0.496 e. The van der Waals surface area contributed by atoms with Crippen molar-refractivity contribution in [2.24, 2.45) is 5.41 Å². The van der Waals surface area contributed by atoms with Gasteiger partial charge in [0.05, 0.1) is 7.11 Å². The number of likely N-dealkylation sites (N-methyl/N-ethyl adjacent to an activating group) is 1. The van der Waals surface area contributed by atoms with Crippen LogP contribution in [0.15, 0.2) is 24.3 Å². The van der Waals surface area contributed by atoms with Crippen LogP contribution in [0.1, 0.15) is 26.3 Å². The number of hydrogen-bond acceptors (Lipinski definition) is 4. The van der Waals surface area contributed by atoms with Gasteiger partial charge in [-0.3, -0.25) is 9.59 Å². The van der Waals surface area contributed by atoms with Crippen LogP contribution in [0.3, 0.4) is 0 Å². The molecule has 1 aliphatic rings. The molecule has 1 aliphatic heterocycles. The molecule has 2 amide bonds. The fourth-order valence-corrected chi connectivity index (χ4v) is 3.01. The first-order valence-corrected chi connectivity index (χ1v) is 8.82. The average molecular weight is 347 g/mol. The molecule has 0 saturated carbocycles. The molecule has 2 rings (SSSR count). The van der Waals surface area contributed by atoms with Crippen molar-refractivity contribution >= 4 is 11.8 Å². The maximum atomic E-state index is 12.8. The normalized spacial score (nSPS) is 15.8. The summed E-state index contributed by atoms with van der Waals surface area (Å²) in [6.45, 7) is 9.91. The Bertz CT molecular complexity index is 608. The fraction of sp³-hybridized carbons (Fsp3) is 0.579. The summed E-state index contributed by atoms with van der Waals surface area (Å²) in [5.74, 6) is 0.352. The zero-order valence-corrected chi connectivity index (χ0v) is 15.7. The number of rotatable bonds is 6. The summed E-state index contributed by atoms with van der Waals surface area (Å²) >= 11 is 0. The molecule has 0 radical (unpaired) electrons. The van der Waals surface area contributed by atoms with Gasteiger partial charge < -0.3 is 19.9 Å². The third-order valence-corrected chi connectivity index (χ3v) is 4.84. The van der Waals surface area contributed by atoms with Gasteiger partial charge in [0.25, 0.3) is 0 Å².